The molecule has 0 aromatic heterocycles. The van der Waals surface area contributed by atoms with Crippen LogP contribution in [0.25, 0.3) is 0 Å². The largest absolute Gasteiger partial charge is 0.326 e. The number of rotatable bonds is 5. The summed E-state index contributed by atoms with van der Waals surface area (Å²) < 4.78 is 64.8. The summed E-state index contributed by atoms with van der Waals surface area (Å²) in [4.78, 5) is -0.224. The second-order valence-electron chi connectivity index (χ2n) is 5.06. The van der Waals surface area contributed by atoms with Crippen molar-refractivity contribution in [2.45, 2.75) is 24.3 Å². The molecule has 1 atom stereocenters. The summed E-state index contributed by atoms with van der Waals surface area (Å²) in [5, 5.41) is 0. The van der Waals surface area contributed by atoms with Crippen LogP contribution < -0.4 is 10.5 Å². The van der Waals surface area contributed by atoms with E-state index >= 15 is 0 Å². The Labute approximate surface area is 141 Å². The van der Waals surface area contributed by atoms with Crippen molar-refractivity contribution in [2.75, 3.05) is 23.6 Å². The number of benzene rings is 1. The van der Waals surface area contributed by atoms with Crippen LogP contribution in [0, 0.1) is 5.82 Å². The number of anilines is 1. The standard InChI is InChI=1S/C12H18FN3O4S2.ClH/c1-2-21(17,18)15-12-4-3-10(7-11(12)13)22(19,20)16-6-5-9(14)8-16;/h3-4,7,9,15H,2,5-6,8,14H2,1H3;1H/t9-;/m1./s1. The molecule has 0 bridgehead atoms. The third-order valence-electron chi connectivity index (χ3n) is 3.41. The highest BCUT2D eigenvalue weighted by Crippen LogP contribution is 2.24. The first-order valence-corrected chi connectivity index (χ1v) is 9.80. The van der Waals surface area contributed by atoms with E-state index in [1.807, 2.05) is 0 Å². The quantitative estimate of drug-likeness (QED) is 0.774. The average molecular weight is 388 g/mol. The van der Waals surface area contributed by atoms with Gasteiger partial charge in [0, 0.05) is 19.1 Å². The second-order valence-corrected chi connectivity index (χ2v) is 9.01. The summed E-state index contributed by atoms with van der Waals surface area (Å²) in [6.07, 6.45) is 0.552. The van der Waals surface area contributed by atoms with E-state index in [4.69, 9.17) is 5.73 Å². The van der Waals surface area contributed by atoms with Crippen molar-refractivity contribution in [3.8, 4) is 0 Å². The lowest BCUT2D eigenvalue weighted by molar-refractivity contribution is 0.471. The zero-order valence-electron chi connectivity index (χ0n) is 12.4. The van der Waals surface area contributed by atoms with Crippen molar-refractivity contribution in [2.24, 2.45) is 5.73 Å². The maximum absolute atomic E-state index is 14.0. The number of sulfonamides is 2. The second kappa shape index (κ2) is 7.31. The highest BCUT2D eigenvalue weighted by atomic mass is 35.5. The zero-order chi connectivity index (χ0) is 16.5. The van der Waals surface area contributed by atoms with E-state index in [0.717, 1.165) is 12.1 Å². The van der Waals surface area contributed by atoms with Gasteiger partial charge in [0.05, 0.1) is 16.3 Å². The first-order valence-electron chi connectivity index (χ1n) is 6.71. The molecule has 1 fully saturated rings. The Balaban J connectivity index is 0.00000264. The van der Waals surface area contributed by atoms with Crippen LogP contribution in [-0.4, -0.2) is 46.0 Å². The van der Waals surface area contributed by atoms with Gasteiger partial charge in [-0.15, -0.1) is 12.4 Å². The monoisotopic (exact) mass is 387 g/mol. The Bertz CT molecular complexity index is 771. The molecule has 11 heteroatoms. The number of halogens is 2. The first kappa shape index (κ1) is 20.1. The number of nitrogens with two attached hydrogens (primary N) is 1. The van der Waals surface area contributed by atoms with Gasteiger partial charge in [-0.3, -0.25) is 4.72 Å². The molecule has 1 aromatic rings. The van der Waals surface area contributed by atoms with Crippen LogP contribution in [0.2, 0.25) is 0 Å². The highest BCUT2D eigenvalue weighted by Gasteiger charge is 2.31. The molecular weight excluding hydrogens is 369 g/mol. The van der Waals surface area contributed by atoms with Crippen molar-refractivity contribution in [1.29, 1.82) is 0 Å². The van der Waals surface area contributed by atoms with E-state index in [0.29, 0.717) is 6.42 Å². The summed E-state index contributed by atoms with van der Waals surface area (Å²) in [7, 11) is -7.46. The molecule has 1 heterocycles. The molecule has 0 amide bonds. The molecule has 1 saturated heterocycles. The normalized spacial score (nSPS) is 19.3. The van der Waals surface area contributed by atoms with Crippen molar-refractivity contribution in [1.82, 2.24) is 4.31 Å². The topological polar surface area (TPSA) is 110 Å². The Kier molecular flexibility index (Phi) is 6.39. The fraction of sp³-hybridized carbons (Fsp3) is 0.500. The predicted molar refractivity (Wildman–Crippen MR) is 88.1 cm³/mol. The lowest BCUT2D eigenvalue weighted by atomic mass is 10.3. The highest BCUT2D eigenvalue weighted by molar-refractivity contribution is 7.92. The number of hydrogen-bond donors (Lipinski definition) is 2. The van der Waals surface area contributed by atoms with E-state index < -0.39 is 25.9 Å². The van der Waals surface area contributed by atoms with E-state index in [-0.39, 0.29) is 47.9 Å². The Hall–Kier alpha value is -0.940. The van der Waals surface area contributed by atoms with Crippen LogP contribution in [-0.2, 0) is 20.0 Å². The number of nitrogens with zero attached hydrogens (tertiary/aromatic N) is 1. The van der Waals surface area contributed by atoms with Gasteiger partial charge in [-0.1, -0.05) is 0 Å². The third kappa shape index (κ3) is 4.54. The smallest absolute Gasteiger partial charge is 0.243 e. The van der Waals surface area contributed by atoms with Gasteiger partial charge >= 0.3 is 0 Å². The van der Waals surface area contributed by atoms with Gasteiger partial charge in [-0.05, 0) is 31.5 Å². The van der Waals surface area contributed by atoms with Crippen LogP contribution in [0.5, 0.6) is 0 Å². The minimum absolute atomic E-state index is 0. The van der Waals surface area contributed by atoms with Gasteiger partial charge in [-0.25, -0.2) is 21.2 Å². The molecule has 0 saturated carbocycles. The summed E-state index contributed by atoms with van der Waals surface area (Å²) in [5.74, 6) is -1.15. The van der Waals surface area contributed by atoms with Crippen molar-refractivity contribution < 1.29 is 21.2 Å². The first-order chi connectivity index (χ1) is 10.2. The molecule has 132 valence electrons. The van der Waals surface area contributed by atoms with E-state index in [1.54, 1.807) is 0 Å². The molecular formula is C12H19ClFN3O4S2. The van der Waals surface area contributed by atoms with E-state index in [9.17, 15) is 21.2 Å². The van der Waals surface area contributed by atoms with Crippen molar-refractivity contribution >= 4 is 38.1 Å². The van der Waals surface area contributed by atoms with Crippen molar-refractivity contribution in [3.05, 3.63) is 24.0 Å². The molecule has 1 aliphatic heterocycles. The van der Waals surface area contributed by atoms with E-state index in [2.05, 4.69) is 4.72 Å². The Morgan fingerprint density at radius 2 is 2.00 bits per heavy atom. The van der Waals surface area contributed by atoms with Gasteiger partial charge in [0.1, 0.15) is 5.82 Å². The van der Waals surface area contributed by atoms with Crippen LogP contribution in [0.1, 0.15) is 13.3 Å². The lowest BCUT2D eigenvalue weighted by Crippen LogP contribution is -2.32. The summed E-state index contributed by atoms with van der Waals surface area (Å²) in [5.41, 5.74) is 5.40. The maximum atomic E-state index is 14.0. The van der Waals surface area contributed by atoms with Crippen LogP contribution in [0.3, 0.4) is 0 Å². The fourth-order valence-corrected chi connectivity index (χ4v) is 4.27. The molecule has 23 heavy (non-hydrogen) atoms. The molecule has 0 spiro atoms. The number of nitrogens with one attached hydrogen (secondary N) is 1. The van der Waals surface area contributed by atoms with Gasteiger partial charge in [-0.2, -0.15) is 4.31 Å². The zero-order valence-corrected chi connectivity index (χ0v) is 14.8. The van der Waals surface area contributed by atoms with Gasteiger partial charge < -0.3 is 5.73 Å². The molecule has 0 radical (unpaired) electrons. The van der Waals surface area contributed by atoms with Gasteiger partial charge in [0.25, 0.3) is 0 Å². The predicted octanol–water partition coefficient (Wildman–Crippen LogP) is 0.731. The molecule has 2 rings (SSSR count). The minimum atomic E-state index is -3.82. The maximum Gasteiger partial charge on any atom is 0.243 e. The Morgan fingerprint density at radius 1 is 1.35 bits per heavy atom. The number of hydrogen-bond acceptors (Lipinski definition) is 5. The van der Waals surface area contributed by atoms with Crippen LogP contribution in [0.15, 0.2) is 23.1 Å². The molecule has 3 N–H and O–H groups in total. The van der Waals surface area contributed by atoms with E-state index in [1.165, 1.54) is 17.3 Å². The van der Waals surface area contributed by atoms with Crippen LogP contribution >= 0.6 is 12.4 Å². The molecule has 1 aromatic carbocycles. The minimum Gasteiger partial charge on any atom is -0.326 e. The molecule has 0 unspecified atom stereocenters. The third-order valence-corrected chi connectivity index (χ3v) is 6.56. The lowest BCUT2D eigenvalue weighted by Gasteiger charge is -2.16. The van der Waals surface area contributed by atoms with Crippen molar-refractivity contribution in [3.63, 3.8) is 0 Å². The fourth-order valence-electron chi connectivity index (χ4n) is 2.10. The average Bonchev–Trinajstić information content (AvgIpc) is 2.88. The summed E-state index contributed by atoms with van der Waals surface area (Å²) in [6.45, 7) is 1.89. The summed E-state index contributed by atoms with van der Waals surface area (Å²) in [6, 6.07) is 2.86. The molecule has 0 aliphatic carbocycles. The molecule has 1 aliphatic rings. The summed E-state index contributed by atoms with van der Waals surface area (Å²) >= 11 is 0. The SMILES string of the molecule is CCS(=O)(=O)Nc1ccc(S(=O)(=O)N2CC[C@@H](N)C2)cc1F.Cl. The Morgan fingerprint density at radius 3 is 2.48 bits per heavy atom. The molecule has 7 nitrogen and oxygen atoms in total. The van der Waals surface area contributed by atoms with Crippen LogP contribution in [0.4, 0.5) is 10.1 Å². The van der Waals surface area contributed by atoms with Gasteiger partial charge in [0.15, 0.2) is 0 Å². The van der Waals surface area contributed by atoms with Gasteiger partial charge in [0.2, 0.25) is 20.0 Å².